The second-order valence-electron chi connectivity index (χ2n) is 6.03. The quantitative estimate of drug-likeness (QED) is 0.265. The van der Waals surface area contributed by atoms with Crippen molar-refractivity contribution < 1.29 is 4.79 Å². The Balaban J connectivity index is 2.11. The van der Waals surface area contributed by atoms with Gasteiger partial charge in [0.2, 0.25) is 5.91 Å². The maximum atomic E-state index is 13.0. The lowest BCUT2D eigenvalue weighted by Crippen LogP contribution is -2.44. The Labute approximate surface area is 132 Å². The van der Waals surface area contributed by atoms with Crippen molar-refractivity contribution in [1.82, 2.24) is 10.2 Å². The first-order valence-corrected chi connectivity index (χ1v) is 7.98. The van der Waals surface area contributed by atoms with Crippen LogP contribution in [-0.2, 0) is 10.2 Å². The summed E-state index contributed by atoms with van der Waals surface area (Å²) in [6, 6.07) is 10.1. The van der Waals surface area contributed by atoms with Crippen LogP contribution in [0.4, 0.5) is 0 Å². The van der Waals surface area contributed by atoms with Gasteiger partial charge in [-0.1, -0.05) is 30.3 Å². The molecule has 1 unspecified atom stereocenters. The van der Waals surface area contributed by atoms with Gasteiger partial charge in [0.25, 0.3) is 0 Å². The predicted octanol–water partition coefficient (Wildman–Crippen LogP) is 1.84. The van der Waals surface area contributed by atoms with Crippen molar-refractivity contribution >= 4 is 12.2 Å². The van der Waals surface area contributed by atoms with Gasteiger partial charge in [-0.2, -0.15) is 5.10 Å². The molecule has 1 aromatic rings. The molecule has 1 amide bonds. The number of nitrogens with two attached hydrogens (primary N) is 1. The first-order valence-electron chi connectivity index (χ1n) is 7.98. The Kier molecular flexibility index (Phi) is 5.81. The minimum atomic E-state index is -0.465. The molecule has 1 heterocycles. The van der Waals surface area contributed by atoms with Gasteiger partial charge in [-0.05, 0) is 38.2 Å². The summed E-state index contributed by atoms with van der Waals surface area (Å²) in [4.78, 5) is 15.1. The number of nitrogens with zero attached hydrogens (tertiary/aromatic N) is 2. The molecule has 0 aliphatic carbocycles. The van der Waals surface area contributed by atoms with E-state index in [0.717, 1.165) is 50.9 Å². The molecular weight excluding hydrogens is 276 g/mol. The number of carbonyl (C=O) groups excluding carboxylic acids is 1. The second kappa shape index (κ2) is 7.82. The van der Waals surface area contributed by atoms with E-state index >= 15 is 0 Å². The Morgan fingerprint density at radius 2 is 2.05 bits per heavy atom. The largest absolute Gasteiger partial charge is 0.375 e. The number of benzene rings is 1. The third-order valence-corrected chi connectivity index (χ3v) is 4.44. The van der Waals surface area contributed by atoms with Gasteiger partial charge in [0.05, 0.1) is 5.41 Å². The molecule has 1 aromatic carbocycles. The first-order chi connectivity index (χ1) is 10.7. The molecular formula is C17H26N4O. The van der Waals surface area contributed by atoms with E-state index in [1.54, 1.807) is 0 Å². The van der Waals surface area contributed by atoms with Crippen molar-refractivity contribution in [3.8, 4) is 0 Å². The molecule has 120 valence electrons. The topological polar surface area (TPSA) is 70.7 Å². The molecule has 1 saturated heterocycles. The smallest absolute Gasteiger partial charge is 0.232 e. The molecule has 0 spiro atoms. The van der Waals surface area contributed by atoms with Crippen molar-refractivity contribution in [2.24, 2.45) is 10.9 Å². The molecule has 22 heavy (non-hydrogen) atoms. The van der Waals surface area contributed by atoms with E-state index in [4.69, 9.17) is 5.84 Å². The monoisotopic (exact) mass is 302 g/mol. The fourth-order valence-corrected chi connectivity index (χ4v) is 3.11. The van der Waals surface area contributed by atoms with Gasteiger partial charge in [-0.15, -0.1) is 0 Å². The Bertz CT molecular complexity index is 497. The third kappa shape index (κ3) is 3.78. The maximum absolute atomic E-state index is 13.0. The van der Waals surface area contributed by atoms with E-state index in [0.29, 0.717) is 0 Å². The summed E-state index contributed by atoms with van der Waals surface area (Å²) in [5, 5.41) is 6.44. The number of hydrazone groups is 1. The summed E-state index contributed by atoms with van der Waals surface area (Å²) in [6.07, 6.45) is 5.41. The first kappa shape index (κ1) is 16.3. The number of amides is 1. The molecule has 5 nitrogen and oxygen atoms in total. The van der Waals surface area contributed by atoms with Gasteiger partial charge in [0.1, 0.15) is 6.34 Å². The molecule has 3 N–H and O–H groups in total. The standard InChI is InChI=1S/C17H26N4O/c1-17(10-7-11-19-14-20-18,15-8-3-2-4-9-15)16(22)21-12-5-6-13-21/h2-4,8-9,14H,5-7,10-13,18H2,1H3,(H,19,20). The summed E-state index contributed by atoms with van der Waals surface area (Å²) in [6.45, 7) is 4.61. The predicted molar refractivity (Wildman–Crippen MR) is 89.5 cm³/mol. The highest BCUT2D eigenvalue weighted by molar-refractivity contribution is 5.88. The van der Waals surface area contributed by atoms with E-state index in [2.05, 4.69) is 29.5 Å². The zero-order valence-corrected chi connectivity index (χ0v) is 13.3. The van der Waals surface area contributed by atoms with Gasteiger partial charge < -0.3 is 16.1 Å². The van der Waals surface area contributed by atoms with Gasteiger partial charge in [0.15, 0.2) is 0 Å². The maximum Gasteiger partial charge on any atom is 0.232 e. The van der Waals surface area contributed by atoms with E-state index in [-0.39, 0.29) is 5.91 Å². The van der Waals surface area contributed by atoms with E-state index in [1.165, 1.54) is 6.34 Å². The minimum Gasteiger partial charge on any atom is -0.375 e. The molecule has 0 bridgehead atoms. The third-order valence-electron chi connectivity index (χ3n) is 4.44. The molecule has 1 aliphatic rings. The Morgan fingerprint density at radius 1 is 1.36 bits per heavy atom. The lowest BCUT2D eigenvalue weighted by molar-refractivity contribution is -0.136. The lowest BCUT2D eigenvalue weighted by atomic mass is 9.77. The van der Waals surface area contributed by atoms with E-state index in [1.807, 2.05) is 23.1 Å². The zero-order chi connectivity index (χ0) is 15.8. The van der Waals surface area contributed by atoms with Crippen molar-refractivity contribution in [2.45, 2.75) is 38.0 Å². The number of hydrogen-bond acceptors (Lipinski definition) is 3. The van der Waals surface area contributed by atoms with Crippen LogP contribution in [0.3, 0.4) is 0 Å². The van der Waals surface area contributed by atoms with Crippen molar-refractivity contribution in [3.05, 3.63) is 35.9 Å². The zero-order valence-electron chi connectivity index (χ0n) is 13.3. The second-order valence-corrected chi connectivity index (χ2v) is 6.03. The van der Waals surface area contributed by atoms with Crippen LogP contribution in [0.2, 0.25) is 0 Å². The minimum absolute atomic E-state index is 0.253. The Morgan fingerprint density at radius 3 is 2.68 bits per heavy atom. The average molecular weight is 302 g/mol. The van der Waals surface area contributed by atoms with Crippen LogP contribution in [0.15, 0.2) is 35.4 Å². The van der Waals surface area contributed by atoms with Gasteiger partial charge in [-0.25, -0.2) is 0 Å². The fraction of sp³-hybridized carbons (Fsp3) is 0.529. The highest BCUT2D eigenvalue weighted by atomic mass is 16.2. The number of rotatable bonds is 7. The Hall–Kier alpha value is -2.04. The molecule has 0 aromatic heterocycles. The molecule has 1 fully saturated rings. The molecule has 0 radical (unpaired) electrons. The summed E-state index contributed by atoms with van der Waals surface area (Å²) in [5.74, 6) is 5.32. The summed E-state index contributed by atoms with van der Waals surface area (Å²) in [5.41, 5.74) is 0.632. The van der Waals surface area contributed by atoms with Crippen LogP contribution < -0.4 is 11.2 Å². The number of hydrogen-bond donors (Lipinski definition) is 2. The van der Waals surface area contributed by atoms with Gasteiger partial charge in [-0.3, -0.25) is 4.79 Å². The number of nitrogens with one attached hydrogen (secondary N) is 1. The number of likely N-dealkylation sites (tertiary alicyclic amines) is 1. The van der Waals surface area contributed by atoms with Gasteiger partial charge >= 0.3 is 0 Å². The molecule has 5 heteroatoms. The molecule has 2 rings (SSSR count). The highest BCUT2D eigenvalue weighted by Gasteiger charge is 2.38. The van der Waals surface area contributed by atoms with E-state index < -0.39 is 5.41 Å². The normalized spacial score (nSPS) is 17.6. The van der Waals surface area contributed by atoms with Crippen LogP contribution in [0.5, 0.6) is 0 Å². The average Bonchev–Trinajstić information content (AvgIpc) is 3.09. The van der Waals surface area contributed by atoms with E-state index in [9.17, 15) is 4.79 Å². The van der Waals surface area contributed by atoms with Crippen LogP contribution in [0, 0.1) is 0 Å². The van der Waals surface area contributed by atoms with Gasteiger partial charge in [0, 0.05) is 19.6 Å². The van der Waals surface area contributed by atoms with Crippen LogP contribution in [-0.4, -0.2) is 36.8 Å². The highest BCUT2D eigenvalue weighted by Crippen LogP contribution is 2.32. The summed E-state index contributed by atoms with van der Waals surface area (Å²) < 4.78 is 0. The molecule has 1 atom stereocenters. The number of carbonyl (C=O) groups is 1. The SMILES string of the molecule is CC(CCCNC=NN)(C(=O)N1CCCC1)c1ccccc1. The van der Waals surface area contributed by atoms with Crippen molar-refractivity contribution in [1.29, 1.82) is 0 Å². The lowest BCUT2D eigenvalue weighted by Gasteiger charge is -2.33. The molecule has 0 saturated carbocycles. The summed E-state index contributed by atoms with van der Waals surface area (Å²) >= 11 is 0. The van der Waals surface area contributed by atoms with Crippen LogP contribution >= 0.6 is 0 Å². The van der Waals surface area contributed by atoms with Crippen molar-refractivity contribution in [2.75, 3.05) is 19.6 Å². The fourth-order valence-electron chi connectivity index (χ4n) is 3.11. The van der Waals surface area contributed by atoms with Crippen LogP contribution in [0.25, 0.3) is 0 Å². The summed E-state index contributed by atoms with van der Waals surface area (Å²) in [7, 11) is 0. The molecule has 1 aliphatic heterocycles. The van der Waals surface area contributed by atoms with Crippen molar-refractivity contribution in [3.63, 3.8) is 0 Å². The van der Waals surface area contributed by atoms with Crippen LogP contribution in [0.1, 0.15) is 38.2 Å².